The maximum atomic E-state index is 13.5. The molecule has 4 aliphatic rings. The van der Waals surface area contributed by atoms with E-state index in [4.69, 9.17) is 4.74 Å². The number of hydrogen-bond acceptors (Lipinski definition) is 5. The van der Waals surface area contributed by atoms with Crippen LogP contribution in [-0.2, 0) is 19.1 Å². The van der Waals surface area contributed by atoms with Gasteiger partial charge in [0.25, 0.3) is 0 Å². The quantitative estimate of drug-likeness (QED) is 0.699. The molecule has 4 saturated carbocycles. The molecule has 9 atom stereocenters. The van der Waals surface area contributed by atoms with Crippen molar-refractivity contribution in [3.63, 3.8) is 0 Å². The predicted molar refractivity (Wildman–Crippen MR) is 112 cm³/mol. The lowest BCUT2D eigenvalue weighted by molar-refractivity contribution is -0.179. The Kier molecular flexibility index (Phi) is 5.66. The first-order valence-corrected chi connectivity index (χ1v) is 11.9. The molecular formula is C25H38O5. The first-order chi connectivity index (χ1) is 14.1. The van der Waals surface area contributed by atoms with Crippen LogP contribution in [0.15, 0.2) is 0 Å². The Hall–Kier alpha value is -1.23. The molecule has 4 rings (SSSR count). The minimum absolute atomic E-state index is 0.0102. The molecule has 5 heteroatoms. The highest BCUT2D eigenvalue weighted by Crippen LogP contribution is 2.67. The van der Waals surface area contributed by atoms with Crippen LogP contribution >= 0.6 is 0 Å². The summed E-state index contributed by atoms with van der Waals surface area (Å²) in [7, 11) is 1.44. The largest absolute Gasteiger partial charge is 0.469 e. The molecule has 0 bridgehead atoms. The Labute approximate surface area is 180 Å². The second-order valence-corrected chi connectivity index (χ2v) is 11.3. The van der Waals surface area contributed by atoms with Crippen LogP contribution in [0, 0.1) is 46.3 Å². The zero-order chi connectivity index (χ0) is 21.8. The Bertz CT molecular complexity index is 731. The van der Waals surface area contributed by atoms with Gasteiger partial charge in [0.1, 0.15) is 11.9 Å². The van der Waals surface area contributed by atoms with Gasteiger partial charge in [-0.05, 0) is 73.0 Å². The van der Waals surface area contributed by atoms with Crippen molar-refractivity contribution < 1.29 is 24.2 Å². The van der Waals surface area contributed by atoms with Crippen molar-refractivity contribution in [2.75, 3.05) is 7.11 Å². The number of rotatable bonds is 4. The van der Waals surface area contributed by atoms with Crippen LogP contribution in [-0.4, -0.2) is 35.9 Å². The van der Waals surface area contributed by atoms with Crippen molar-refractivity contribution in [1.82, 2.24) is 0 Å². The van der Waals surface area contributed by atoms with E-state index >= 15 is 0 Å². The number of Topliss-reactive ketones (excluding diaryl/α,β-unsaturated/α-hetero) is 2. The van der Waals surface area contributed by atoms with E-state index in [9.17, 15) is 19.5 Å². The normalized spacial score (nSPS) is 46.6. The minimum Gasteiger partial charge on any atom is -0.469 e. The number of esters is 1. The molecule has 0 aromatic heterocycles. The summed E-state index contributed by atoms with van der Waals surface area (Å²) in [5.74, 6) is 1.28. The zero-order valence-corrected chi connectivity index (χ0v) is 19.0. The fourth-order valence-electron chi connectivity index (χ4n) is 8.40. The fraction of sp³-hybridized carbons (Fsp3) is 0.880. The predicted octanol–water partition coefficient (Wildman–Crippen LogP) is 3.95. The highest BCUT2D eigenvalue weighted by molar-refractivity contribution is 5.89. The summed E-state index contributed by atoms with van der Waals surface area (Å²) in [6, 6.07) is 0. The molecule has 0 spiro atoms. The number of ether oxygens (including phenoxy) is 1. The van der Waals surface area contributed by atoms with E-state index in [-0.39, 0.29) is 46.1 Å². The maximum absolute atomic E-state index is 13.5. The second kappa shape index (κ2) is 7.72. The van der Waals surface area contributed by atoms with Crippen molar-refractivity contribution in [3.8, 4) is 0 Å². The summed E-state index contributed by atoms with van der Waals surface area (Å²) in [6.07, 6.45) is 6.29. The monoisotopic (exact) mass is 418 g/mol. The summed E-state index contributed by atoms with van der Waals surface area (Å²) in [4.78, 5) is 37.2. The topological polar surface area (TPSA) is 80.7 Å². The van der Waals surface area contributed by atoms with E-state index in [0.717, 1.165) is 38.5 Å². The van der Waals surface area contributed by atoms with E-state index in [2.05, 4.69) is 20.8 Å². The van der Waals surface area contributed by atoms with Crippen LogP contribution in [0.25, 0.3) is 0 Å². The molecule has 30 heavy (non-hydrogen) atoms. The Morgan fingerprint density at radius 3 is 2.50 bits per heavy atom. The number of ketones is 2. The number of methoxy groups -OCH3 is 1. The highest BCUT2D eigenvalue weighted by Gasteiger charge is 2.65. The van der Waals surface area contributed by atoms with E-state index < -0.39 is 6.10 Å². The first-order valence-electron chi connectivity index (χ1n) is 11.9. The van der Waals surface area contributed by atoms with Gasteiger partial charge in [-0.2, -0.15) is 0 Å². The molecule has 5 nitrogen and oxygen atoms in total. The van der Waals surface area contributed by atoms with Gasteiger partial charge in [-0.1, -0.05) is 20.8 Å². The number of fused-ring (bicyclic) bond motifs is 5. The van der Waals surface area contributed by atoms with Crippen LogP contribution in [0.3, 0.4) is 0 Å². The van der Waals surface area contributed by atoms with Crippen molar-refractivity contribution in [1.29, 1.82) is 0 Å². The van der Waals surface area contributed by atoms with Crippen LogP contribution < -0.4 is 0 Å². The summed E-state index contributed by atoms with van der Waals surface area (Å²) in [5, 5.41) is 11.0. The molecule has 4 aliphatic carbocycles. The van der Waals surface area contributed by atoms with E-state index in [1.807, 2.05) is 0 Å². The molecule has 0 aliphatic heterocycles. The second-order valence-electron chi connectivity index (χ2n) is 11.3. The van der Waals surface area contributed by atoms with Crippen LogP contribution in [0.4, 0.5) is 0 Å². The van der Waals surface area contributed by atoms with Crippen molar-refractivity contribution >= 4 is 17.5 Å². The van der Waals surface area contributed by atoms with Gasteiger partial charge in [0.05, 0.1) is 7.11 Å². The van der Waals surface area contributed by atoms with Gasteiger partial charge in [-0.25, -0.2) is 0 Å². The third-order valence-electron chi connectivity index (χ3n) is 10.1. The van der Waals surface area contributed by atoms with Gasteiger partial charge >= 0.3 is 5.97 Å². The Balaban J connectivity index is 1.58. The molecule has 168 valence electrons. The summed E-state index contributed by atoms with van der Waals surface area (Å²) in [5.41, 5.74) is -0.0262. The fourth-order valence-corrected chi connectivity index (χ4v) is 8.40. The number of carbonyl (C=O) groups is 3. The third kappa shape index (κ3) is 3.18. The highest BCUT2D eigenvalue weighted by atomic mass is 16.5. The van der Waals surface area contributed by atoms with Gasteiger partial charge in [0, 0.05) is 31.1 Å². The third-order valence-corrected chi connectivity index (χ3v) is 10.1. The van der Waals surface area contributed by atoms with Crippen molar-refractivity contribution in [2.45, 2.75) is 84.7 Å². The van der Waals surface area contributed by atoms with Gasteiger partial charge in [-0.3, -0.25) is 14.4 Å². The molecular weight excluding hydrogens is 380 g/mol. The van der Waals surface area contributed by atoms with Gasteiger partial charge in [0.15, 0.2) is 5.78 Å². The zero-order valence-electron chi connectivity index (χ0n) is 19.0. The standard InChI is InChI=1S/C25H38O5/c1-14(5-8-20(27)30-4)16-6-7-17-21-18(10-12-24(16,17)2)25(3)11-9-15(26)13-19(25)22(28)23(21)29/h14,16-19,21-22,28H,5-13H2,1-4H3/t14-,16-,17+,18+,19+,21+,22-,24-,25-/m1/s1. The molecule has 0 heterocycles. The lowest BCUT2D eigenvalue weighted by Gasteiger charge is -2.60. The minimum atomic E-state index is -0.987. The van der Waals surface area contributed by atoms with Gasteiger partial charge < -0.3 is 9.84 Å². The van der Waals surface area contributed by atoms with Crippen LogP contribution in [0.1, 0.15) is 78.6 Å². The molecule has 0 aromatic rings. The molecule has 0 unspecified atom stereocenters. The average Bonchev–Trinajstić information content (AvgIpc) is 3.08. The molecule has 0 aromatic carbocycles. The lowest BCUT2D eigenvalue weighted by atomic mass is 9.43. The number of aliphatic hydroxyl groups is 1. The van der Waals surface area contributed by atoms with Crippen LogP contribution in [0.5, 0.6) is 0 Å². The maximum Gasteiger partial charge on any atom is 0.305 e. The van der Waals surface area contributed by atoms with E-state index in [1.165, 1.54) is 7.11 Å². The molecule has 1 N–H and O–H groups in total. The summed E-state index contributed by atoms with van der Waals surface area (Å²) in [6.45, 7) is 6.85. The Morgan fingerprint density at radius 1 is 1.10 bits per heavy atom. The van der Waals surface area contributed by atoms with Crippen LogP contribution in [0.2, 0.25) is 0 Å². The van der Waals surface area contributed by atoms with Crippen molar-refractivity contribution in [2.24, 2.45) is 46.3 Å². The Morgan fingerprint density at radius 2 is 1.80 bits per heavy atom. The molecule has 4 fully saturated rings. The number of aliphatic hydroxyl groups excluding tert-OH is 1. The number of hydrogen-bond donors (Lipinski definition) is 1. The van der Waals surface area contributed by atoms with Crippen molar-refractivity contribution in [3.05, 3.63) is 0 Å². The summed E-state index contributed by atoms with van der Waals surface area (Å²) < 4.78 is 4.83. The SMILES string of the molecule is COC(=O)CC[C@@H](C)[C@H]1CC[C@H]2[C@@H]3C(=O)[C@H](O)[C@@H]4CC(=O)CC[C@]4(C)[C@H]3CC[C@]12C. The summed E-state index contributed by atoms with van der Waals surface area (Å²) >= 11 is 0. The van der Waals surface area contributed by atoms with Gasteiger partial charge in [-0.15, -0.1) is 0 Å². The number of carbonyl (C=O) groups excluding carboxylic acids is 3. The molecule has 0 radical (unpaired) electrons. The smallest absolute Gasteiger partial charge is 0.305 e. The first kappa shape index (κ1) is 22.0. The lowest BCUT2D eigenvalue weighted by Crippen LogP contribution is -2.62. The molecule has 0 saturated heterocycles. The average molecular weight is 419 g/mol. The van der Waals surface area contributed by atoms with Gasteiger partial charge in [0.2, 0.25) is 0 Å². The van der Waals surface area contributed by atoms with E-state index in [0.29, 0.717) is 37.0 Å². The molecule has 0 amide bonds. The van der Waals surface area contributed by atoms with E-state index in [1.54, 1.807) is 0 Å².